The number of nitrogens with two attached hydrogens (primary N) is 3. The smallest absolute Gasteiger partial charge is 0.297 e. The molecule has 0 saturated heterocycles. The molecule has 0 aliphatic rings. The van der Waals surface area contributed by atoms with Crippen molar-refractivity contribution in [3.8, 4) is 0 Å². The highest BCUT2D eigenvalue weighted by atomic mass is 32.2. The van der Waals surface area contributed by atoms with Gasteiger partial charge in [0.15, 0.2) is 0 Å². The largest absolute Gasteiger partial charge is 0.368 e. The van der Waals surface area contributed by atoms with E-state index in [9.17, 15) is 22.8 Å². The number of nitrogens with one attached hydrogen (secondary N) is 3. The zero-order valence-electron chi connectivity index (χ0n) is 21.4. The molecule has 0 unspecified atom stereocenters. The second-order valence-corrected chi connectivity index (χ2v) is 10.5. The molecule has 0 aliphatic heterocycles. The summed E-state index contributed by atoms with van der Waals surface area (Å²) in [4.78, 5) is 37.6. The molecule has 0 radical (unpaired) electrons. The molecular formula is C25H37N7O5S. The van der Waals surface area contributed by atoms with Crippen LogP contribution in [0.2, 0.25) is 0 Å². The highest BCUT2D eigenvalue weighted by Crippen LogP contribution is 2.11. The van der Waals surface area contributed by atoms with Crippen molar-refractivity contribution in [3.63, 3.8) is 0 Å². The Morgan fingerprint density at radius 3 is 2.00 bits per heavy atom. The van der Waals surface area contributed by atoms with Crippen molar-refractivity contribution < 1.29 is 22.8 Å². The van der Waals surface area contributed by atoms with Gasteiger partial charge in [-0.05, 0) is 50.3 Å². The number of nitrogens with zero attached hydrogens (tertiary/aromatic N) is 1. The number of carbonyl (C=O) groups excluding carboxylic acids is 3. The number of hydrogen-bond donors (Lipinski definition) is 6. The van der Waals surface area contributed by atoms with Gasteiger partial charge in [0.2, 0.25) is 11.8 Å². The summed E-state index contributed by atoms with van der Waals surface area (Å²) in [5, 5.41) is 2.56. The fourth-order valence-corrected chi connectivity index (χ4v) is 4.70. The van der Waals surface area contributed by atoms with Gasteiger partial charge in [-0.1, -0.05) is 65.1 Å². The number of carbonyl (C=O) groups is 3. The summed E-state index contributed by atoms with van der Waals surface area (Å²) >= 11 is 0. The molecule has 3 atom stereocenters. The van der Waals surface area contributed by atoms with Crippen LogP contribution in [0.1, 0.15) is 37.3 Å². The van der Waals surface area contributed by atoms with E-state index >= 15 is 0 Å². The Hall–Kier alpha value is -3.36. The van der Waals surface area contributed by atoms with Gasteiger partial charge in [-0.2, -0.15) is 13.1 Å². The molecule has 0 heterocycles. The Morgan fingerprint density at radius 1 is 0.895 bits per heavy atom. The predicted octanol–water partition coefficient (Wildman–Crippen LogP) is -0.588. The van der Waals surface area contributed by atoms with E-state index in [1.165, 1.54) is 6.92 Å². The van der Waals surface area contributed by atoms with Crippen LogP contribution in [0, 0.1) is 0 Å². The molecule has 2 aromatic rings. The molecule has 2 aromatic carbocycles. The summed E-state index contributed by atoms with van der Waals surface area (Å²) in [6, 6.07) is 14.0. The van der Waals surface area contributed by atoms with E-state index in [-0.39, 0.29) is 19.4 Å². The molecule has 9 N–H and O–H groups in total. The number of primary amides is 1. The van der Waals surface area contributed by atoms with Crippen LogP contribution >= 0.6 is 0 Å². The summed E-state index contributed by atoms with van der Waals surface area (Å²) in [5.41, 5.74) is 20.2. The molecule has 3 amide bonds. The van der Waals surface area contributed by atoms with E-state index in [4.69, 9.17) is 17.2 Å². The van der Waals surface area contributed by atoms with Crippen LogP contribution < -0.4 is 32.7 Å². The van der Waals surface area contributed by atoms with Crippen molar-refractivity contribution >= 4 is 27.9 Å². The molecule has 0 bridgehead atoms. The maximum absolute atomic E-state index is 13.5. The van der Waals surface area contributed by atoms with Gasteiger partial charge in [-0.15, -0.1) is 0 Å². The van der Waals surface area contributed by atoms with E-state index in [1.54, 1.807) is 60.7 Å². The zero-order chi connectivity index (χ0) is 28.1. The Kier molecular flexibility index (Phi) is 12.3. The lowest BCUT2D eigenvalue weighted by Crippen LogP contribution is -2.59. The minimum Gasteiger partial charge on any atom is -0.368 e. The Morgan fingerprint density at radius 2 is 1.47 bits per heavy atom. The first-order valence-electron chi connectivity index (χ1n) is 12.3. The number of benzene rings is 2. The number of unbranched alkanes of at least 4 members (excludes halogenated alkanes) is 1. The van der Waals surface area contributed by atoms with Crippen molar-refractivity contribution in [1.82, 2.24) is 19.9 Å². The third-order valence-corrected chi connectivity index (χ3v) is 6.99. The average molecular weight is 548 g/mol. The van der Waals surface area contributed by atoms with Crippen LogP contribution in [0.15, 0.2) is 60.7 Å². The van der Waals surface area contributed by atoms with E-state index in [1.807, 2.05) is 0 Å². The molecule has 13 heteroatoms. The minimum atomic E-state index is -4.49. The van der Waals surface area contributed by atoms with Gasteiger partial charge < -0.3 is 22.5 Å². The fourth-order valence-electron chi connectivity index (χ4n) is 3.49. The van der Waals surface area contributed by atoms with E-state index in [0.717, 1.165) is 0 Å². The van der Waals surface area contributed by atoms with Crippen LogP contribution in [0.4, 0.5) is 0 Å². The third kappa shape index (κ3) is 10.2. The van der Waals surface area contributed by atoms with Gasteiger partial charge in [0.25, 0.3) is 16.1 Å². The van der Waals surface area contributed by atoms with Gasteiger partial charge in [0.05, 0.1) is 12.6 Å². The SMILES string of the molecule is C[C@H](N)C(=O)NN(Cc1ccccc1)S(=O)(=O)N[C@H](Cc1ccccc1)C(=O)N[C@@H](CCCCN)C(N)=O. The Balaban J connectivity index is 2.34. The molecule has 0 spiro atoms. The zero-order valence-corrected chi connectivity index (χ0v) is 22.2. The third-order valence-electron chi connectivity index (χ3n) is 5.60. The highest BCUT2D eigenvalue weighted by molar-refractivity contribution is 7.87. The van der Waals surface area contributed by atoms with Crippen molar-refractivity contribution in [2.45, 2.75) is 57.3 Å². The second kappa shape index (κ2) is 15.1. The van der Waals surface area contributed by atoms with Crippen molar-refractivity contribution in [3.05, 3.63) is 71.8 Å². The maximum Gasteiger partial charge on any atom is 0.297 e. The summed E-state index contributed by atoms with van der Waals surface area (Å²) in [6.45, 7) is 1.61. The Labute approximate surface area is 223 Å². The summed E-state index contributed by atoms with van der Waals surface area (Å²) in [5.74, 6) is -2.22. The quantitative estimate of drug-likeness (QED) is 0.119. The van der Waals surface area contributed by atoms with Crippen LogP contribution in [0.3, 0.4) is 0 Å². The topological polar surface area (TPSA) is 203 Å². The van der Waals surface area contributed by atoms with Crippen LogP contribution in [-0.2, 0) is 37.6 Å². The fraction of sp³-hybridized carbons (Fsp3) is 0.400. The first kappa shape index (κ1) is 30.9. The Bertz CT molecular complexity index is 1150. The van der Waals surface area contributed by atoms with Gasteiger partial charge in [0, 0.05) is 0 Å². The molecule has 2 rings (SSSR count). The maximum atomic E-state index is 13.5. The highest BCUT2D eigenvalue weighted by Gasteiger charge is 2.32. The van der Waals surface area contributed by atoms with Crippen molar-refractivity contribution in [2.24, 2.45) is 17.2 Å². The van der Waals surface area contributed by atoms with Gasteiger partial charge >= 0.3 is 0 Å². The van der Waals surface area contributed by atoms with Crippen LogP contribution in [0.5, 0.6) is 0 Å². The van der Waals surface area contributed by atoms with E-state index in [2.05, 4.69) is 15.5 Å². The van der Waals surface area contributed by atoms with Crippen LogP contribution in [-0.4, -0.2) is 55.2 Å². The van der Waals surface area contributed by atoms with Crippen LogP contribution in [0.25, 0.3) is 0 Å². The predicted molar refractivity (Wildman–Crippen MR) is 144 cm³/mol. The molecule has 0 aliphatic carbocycles. The molecule has 38 heavy (non-hydrogen) atoms. The summed E-state index contributed by atoms with van der Waals surface area (Å²) in [7, 11) is -4.49. The van der Waals surface area contributed by atoms with Crippen molar-refractivity contribution in [1.29, 1.82) is 0 Å². The monoisotopic (exact) mass is 547 g/mol. The normalized spacial score (nSPS) is 13.9. The number of rotatable bonds is 16. The lowest BCUT2D eigenvalue weighted by molar-refractivity contribution is -0.128. The lowest BCUT2D eigenvalue weighted by atomic mass is 10.0. The molecule has 0 saturated carbocycles. The number of hydrazine groups is 1. The number of amides is 3. The van der Waals surface area contributed by atoms with E-state index < -0.39 is 46.1 Å². The minimum absolute atomic E-state index is 0.0272. The average Bonchev–Trinajstić information content (AvgIpc) is 2.88. The first-order valence-corrected chi connectivity index (χ1v) is 13.7. The molecule has 208 valence electrons. The first-order chi connectivity index (χ1) is 18.0. The summed E-state index contributed by atoms with van der Waals surface area (Å²) in [6.07, 6.45) is 1.41. The second-order valence-electron chi connectivity index (χ2n) is 8.87. The lowest BCUT2D eigenvalue weighted by Gasteiger charge is -2.27. The molecule has 0 fully saturated rings. The molecular weight excluding hydrogens is 510 g/mol. The summed E-state index contributed by atoms with van der Waals surface area (Å²) < 4.78 is 30.1. The van der Waals surface area contributed by atoms with Gasteiger partial charge in [0.1, 0.15) is 12.1 Å². The number of hydrogen-bond acceptors (Lipinski definition) is 7. The molecule has 0 aromatic heterocycles. The van der Waals surface area contributed by atoms with E-state index in [0.29, 0.717) is 34.9 Å². The van der Waals surface area contributed by atoms with Gasteiger partial charge in [-0.3, -0.25) is 19.8 Å². The molecule has 12 nitrogen and oxygen atoms in total. The van der Waals surface area contributed by atoms with Crippen molar-refractivity contribution in [2.75, 3.05) is 6.54 Å². The van der Waals surface area contributed by atoms with Gasteiger partial charge in [-0.25, -0.2) is 0 Å². The standard InChI is InChI=1S/C25H37N7O5S/c1-18(27)24(34)30-32(17-20-12-6-3-7-13-20)38(36,37)31-22(16-19-10-4-2-5-11-19)25(35)29-21(23(28)33)14-8-9-15-26/h2-7,10-13,18,21-22,31H,8-9,14-17,26-27H2,1H3,(H2,28,33)(H,29,35)(H,30,34)/t18-,21-,22+/m0/s1.